The Balaban J connectivity index is 1.62. The summed E-state index contributed by atoms with van der Waals surface area (Å²) in [6.07, 6.45) is 11.7. The number of likely N-dealkylation sites (N-methyl/N-ethyl adjacent to an activating group) is 1. The van der Waals surface area contributed by atoms with E-state index < -0.39 is 0 Å². The Morgan fingerprint density at radius 3 is 2.42 bits per heavy atom. The minimum Gasteiger partial charge on any atom is -0.315 e. The maximum atomic E-state index is 3.62. The average Bonchev–Trinajstić information content (AvgIpc) is 2.99. The van der Waals surface area contributed by atoms with Gasteiger partial charge < -0.3 is 5.32 Å². The monoisotopic (exact) mass is 264 g/mol. The van der Waals surface area contributed by atoms with E-state index in [9.17, 15) is 0 Å². The van der Waals surface area contributed by atoms with Crippen LogP contribution in [0.25, 0.3) is 0 Å². The van der Waals surface area contributed by atoms with E-state index in [0.29, 0.717) is 0 Å². The second kappa shape index (κ2) is 6.13. The maximum Gasteiger partial charge on any atom is 0.0252 e. The summed E-state index contributed by atoms with van der Waals surface area (Å²) in [7, 11) is 2.18. The van der Waals surface area contributed by atoms with Crippen LogP contribution in [0.3, 0.4) is 0 Å². The second-order valence-corrected chi connectivity index (χ2v) is 7.34. The molecule has 2 nitrogen and oxygen atoms in total. The molecule has 0 radical (unpaired) electrons. The molecule has 19 heavy (non-hydrogen) atoms. The van der Waals surface area contributed by atoms with Crippen molar-refractivity contribution in [2.75, 3.05) is 20.1 Å². The first-order chi connectivity index (χ1) is 9.31. The van der Waals surface area contributed by atoms with Crippen molar-refractivity contribution in [3.05, 3.63) is 0 Å². The van der Waals surface area contributed by atoms with E-state index in [2.05, 4.69) is 24.2 Å². The van der Waals surface area contributed by atoms with Gasteiger partial charge in [0.2, 0.25) is 0 Å². The molecule has 5 atom stereocenters. The molecule has 0 aromatic rings. The largest absolute Gasteiger partial charge is 0.315 e. The van der Waals surface area contributed by atoms with Crippen molar-refractivity contribution in [3.8, 4) is 0 Å². The summed E-state index contributed by atoms with van der Waals surface area (Å²) in [6, 6.07) is 1.59. The van der Waals surface area contributed by atoms with Gasteiger partial charge in [-0.15, -0.1) is 0 Å². The first kappa shape index (κ1) is 13.9. The molecular weight excluding hydrogens is 232 g/mol. The van der Waals surface area contributed by atoms with Crippen LogP contribution < -0.4 is 5.32 Å². The van der Waals surface area contributed by atoms with Gasteiger partial charge in [-0.1, -0.05) is 26.2 Å². The van der Waals surface area contributed by atoms with E-state index in [1.807, 2.05) is 0 Å². The van der Waals surface area contributed by atoms with Crippen LogP contribution in [0.5, 0.6) is 0 Å². The summed E-state index contributed by atoms with van der Waals surface area (Å²) in [5.41, 5.74) is 0. The highest BCUT2D eigenvalue weighted by Gasteiger charge is 2.42. The molecule has 3 fully saturated rings. The van der Waals surface area contributed by atoms with E-state index in [4.69, 9.17) is 0 Å². The number of nitrogens with one attached hydrogen (secondary N) is 1. The van der Waals surface area contributed by atoms with E-state index in [-0.39, 0.29) is 0 Å². The van der Waals surface area contributed by atoms with E-state index in [1.54, 1.807) is 0 Å². The van der Waals surface area contributed by atoms with E-state index in [1.165, 1.54) is 64.5 Å². The molecule has 2 heteroatoms. The minimum atomic E-state index is 0.756. The van der Waals surface area contributed by atoms with Crippen LogP contribution in [-0.4, -0.2) is 37.1 Å². The topological polar surface area (TPSA) is 15.3 Å². The number of likely N-dealkylation sites (tertiary alicyclic amines) is 1. The van der Waals surface area contributed by atoms with Crippen LogP contribution in [0, 0.1) is 17.8 Å². The Labute approximate surface area is 119 Å². The van der Waals surface area contributed by atoms with Gasteiger partial charge in [-0.3, -0.25) is 4.90 Å². The number of nitrogens with zero attached hydrogens (tertiary/aromatic N) is 1. The molecule has 1 N–H and O–H groups in total. The molecule has 2 aliphatic carbocycles. The second-order valence-electron chi connectivity index (χ2n) is 7.34. The predicted octanol–water partition coefficient (Wildman–Crippen LogP) is 3.28. The fourth-order valence-corrected chi connectivity index (χ4v) is 5.18. The Bertz CT molecular complexity index is 279. The zero-order chi connectivity index (χ0) is 13.2. The summed E-state index contributed by atoms with van der Waals surface area (Å²) in [6.45, 7) is 5.16. The van der Waals surface area contributed by atoms with Crippen molar-refractivity contribution < 1.29 is 0 Å². The molecule has 0 bridgehead atoms. The Morgan fingerprint density at radius 1 is 1.05 bits per heavy atom. The van der Waals surface area contributed by atoms with E-state index >= 15 is 0 Å². The highest BCUT2D eigenvalue weighted by Crippen LogP contribution is 2.41. The zero-order valence-corrected chi connectivity index (χ0v) is 12.9. The molecule has 1 aliphatic heterocycles. The van der Waals surface area contributed by atoms with Gasteiger partial charge in [0, 0.05) is 25.2 Å². The molecule has 3 rings (SSSR count). The van der Waals surface area contributed by atoms with Gasteiger partial charge in [-0.25, -0.2) is 0 Å². The van der Waals surface area contributed by atoms with Crippen molar-refractivity contribution in [2.24, 2.45) is 17.8 Å². The normalized spacial score (nSPS) is 43.6. The molecule has 3 aliphatic rings. The van der Waals surface area contributed by atoms with Gasteiger partial charge in [-0.2, -0.15) is 0 Å². The highest BCUT2D eigenvalue weighted by molar-refractivity contribution is 4.97. The summed E-state index contributed by atoms with van der Waals surface area (Å²) in [5, 5.41) is 3.62. The summed E-state index contributed by atoms with van der Waals surface area (Å²) in [4.78, 5) is 2.87. The van der Waals surface area contributed by atoms with Crippen LogP contribution in [0.2, 0.25) is 0 Å². The van der Waals surface area contributed by atoms with Gasteiger partial charge in [0.25, 0.3) is 0 Å². The van der Waals surface area contributed by atoms with Crippen LogP contribution in [-0.2, 0) is 0 Å². The maximum absolute atomic E-state index is 3.62. The average molecular weight is 264 g/mol. The van der Waals surface area contributed by atoms with Gasteiger partial charge in [0.1, 0.15) is 0 Å². The van der Waals surface area contributed by atoms with Crippen molar-refractivity contribution in [2.45, 2.75) is 70.4 Å². The molecular formula is C17H32N2. The zero-order valence-electron chi connectivity index (χ0n) is 12.9. The molecule has 5 unspecified atom stereocenters. The lowest BCUT2D eigenvalue weighted by molar-refractivity contribution is 0.111. The number of fused-ring (bicyclic) bond motifs is 1. The number of hydrogen-bond donors (Lipinski definition) is 1. The van der Waals surface area contributed by atoms with Crippen LogP contribution in [0.1, 0.15) is 58.3 Å². The predicted molar refractivity (Wildman–Crippen MR) is 81.3 cm³/mol. The standard InChI is InChI=1S/C17H32N2/c1-3-5-13-8-9-16(18-2)17(10-13)19-11-14-6-4-7-15(14)12-19/h13-18H,3-12H2,1-2H3. The number of hydrogen-bond acceptors (Lipinski definition) is 2. The van der Waals surface area contributed by atoms with Crippen LogP contribution in [0.4, 0.5) is 0 Å². The van der Waals surface area contributed by atoms with Crippen LogP contribution >= 0.6 is 0 Å². The lowest BCUT2D eigenvalue weighted by Crippen LogP contribution is -2.51. The quantitative estimate of drug-likeness (QED) is 0.838. The van der Waals surface area contributed by atoms with Crippen molar-refractivity contribution in [1.29, 1.82) is 0 Å². The fourth-order valence-electron chi connectivity index (χ4n) is 5.18. The third-order valence-corrected chi connectivity index (χ3v) is 6.22. The molecule has 0 aromatic heterocycles. The fraction of sp³-hybridized carbons (Fsp3) is 1.00. The smallest absolute Gasteiger partial charge is 0.0252 e. The van der Waals surface area contributed by atoms with Crippen LogP contribution in [0.15, 0.2) is 0 Å². The Morgan fingerprint density at radius 2 is 1.79 bits per heavy atom. The third kappa shape index (κ3) is 2.85. The lowest BCUT2D eigenvalue weighted by atomic mass is 9.79. The molecule has 0 spiro atoms. The molecule has 1 heterocycles. The summed E-state index contributed by atoms with van der Waals surface area (Å²) in [5.74, 6) is 3.09. The third-order valence-electron chi connectivity index (χ3n) is 6.22. The van der Waals surface area contributed by atoms with Crippen molar-refractivity contribution in [3.63, 3.8) is 0 Å². The molecule has 0 amide bonds. The molecule has 0 aromatic carbocycles. The van der Waals surface area contributed by atoms with Crippen molar-refractivity contribution >= 4 is 0 Å². The van der Waals surface area contributed by atoms with Gasteiger partial charge in [-0.05, 0) is 56.9 Å². The van der Waals surface area contributed by atoms with E-state index in [0.717, 1.165) is 29.8 Å². The summed E-state index contributed by atoms with van der Waals surface area (Å²) < 4.78 is 0. The number of rotatable bonds is 4. The van der Waals surface area contributed by atoms with Gasteiger partial charge >= 0.3 is 0 Å². The van der Waals surface area contributed by atoms with Gasteiger partial charge in [0.15, 0.2) is 0 Å². The first-order valence-electron chi connectivity index (χ1n) is 8.73. The molecule has 1 saturated heterocycles. The molecule has 110 valence electrons. The minimum absolute atomic E-state index is 0.756. The van der Waals surface area contributed by atoms with Crippen molar-refractivity contribution in [1.82, 2.24) is 10.2 Å². The first-order valence-corrected chi connectivity index (χ1v) is 8.73. The summed E-state index contributed by atoms with van der Waals surface area (Å²) >= 11 is 0. The Hall–Kier alpha value is -0.0800. The van der Waals surface area contributed by atoms with Gasteiger partial charge in [0.05, 0.1) is 0 Å². The lowest BCUT2D eigenvalue weighted by Gasteiger charge is -2.41. The molecule has 2 saturated carbocycles. The Kier molecular flexibility index (Phi) is 4.48. The SMILES string of the molecule is CCCC1CCC(NC)C(N2CC3CCCC3C2)C1. The highest BCUT2D eigenvalue weighted by atomic mass is 15.2.